The molecule has 2 heteroatoms. The number of hydrogen-bond donors (Lipinski definition) is 2. The monoisotopic (exact) mass is 261 g/mol. The van der Waals surface area contributed by atoms with Gasteiger partial charge in [0, 0.05) is 12.1 Å². The molecule has 2 rings (SSSR count). The van der Waals surface area contributed by atoms with Crippen LogP contribution in [0.4, 0.5) is 0 Å². The van der Waals surface area contributed by atoms with Crippen LogP contribution in [-0.4, -0.2) is 23.8 Å². The Balaban J connectivity index is 1.85. The van der Waals surface area contributed by atoms with Crippen molar-refractivity contribution in [1.29, 1.82) is 0 Å². The van der Waals surface area contributed by atoms with E-state index in [1.165, 1.54) is 37.7 Å². The lowest BCUT2D eigenvalue weighted by atomic mass is 9.84. The van der Waals surface area contributed by atoms with Gasteiger partial charge in [-0.3, -0.25) is 0 Å². The van der Waals surface area contributed by atoms with Crippen LogP contribution in [0.3, 0.4) is 0 Å². The normalized spacial score (nSPS) is 25.2. The van der Waals surface area contributed by atoms with Crippen molar-refractivity contribution in [2.45, 2.75) is 57.5 Å². The summed E-state index contributed by atoms with van der Waals surface area (Å²) < 4.78 is 0. The standard InChI is InChI=1S/C17H27NO/c1-2-14-9-6-10-16(11-14)18-17(13-19)12-15-7-4-3-5-8-15/h3-5,7-8,14,16-19H,2,6,9-13H2,1H3/t14?,16?,17-/m0/s1. The van der Waals surface area contributed by atoms with Gasteiger partial charge in [0.15, 0.2) is 0 Å². The molecule has 2 unspecified atom stereocenters. The van der Waals surface area contributed by atoms with Gasteiger partial charge < -0.3 is 10.4 Å². The molecule has 0 amide bonds. The maximum atomic E-state index is 9.58. The van der Waals surface area contributed by atoms with E-state index in [0.717, 1.165) is 12.3 Å². The molecule has 0 aliphatic heterocycles. The Morgan fingerprint density at radius 2 is 2.05 bits per heavy atom. The molecule has 1 aromatic carbocycles. The van der Waals surface area contributed by atoms with Crippen molar-refractivity contribution in [2.75, 3.05) is 6.61 Å². The van der Waals surface area contributed by atoms with Gasteiger partial charge in [0.25, 0.3) is 0 Å². The van der Waals surface area contributed by atoms with E-state index < -0.39 is 0 Å². The highest BCUT2D eigenvalue weighted by Crippen LogP contribution is 2.26. The lowest BCUT2D eigenvalue weighted by molar-refractivity contribution is 0.201. The van der Waals surface area contributed by atoms with Gasteiger partial charge in [-0.15, -0.1) is 0 Å². The van der Waals surface area contributed by atoms with Gasteiger partial charge in [-0.1, -0.05) is 56.5 Å². The van der Waals surface area contributed by atoms with E-state index in [0.29, 0.717) is 6.04 Å². The second-order valence-corrected chi connectivity index (χ2v) is 5.87. The van der Waals surface area contributed by atoms with E-state index in [4.69, 9.17) is 0 Å². The largest absolute Gasteiger partial charge is 0.395 e. The summed E-state index contributed by atoms with van der Waals surface area (Å²) in [5.74, 6) is 0.877. The Bertz CT molecular complexity index is 352. The minimum absolute atomic E-state index is 0.197. The number of benzene rings is 1. The smallest absolute Gasteiger partial charge is 0.0587 e. The number of nitrogens with one attached hydrogen (secondary N) is 1. The van der Waals surface area contributed by atoms with Crippen LogP contribution in [0.25, 0.3) is 0 Å². The summed E-state index contributed by atoms with van der Waals surface area (Å²) in [6, 6.07) is 11.2. The number of hydrogen-bond acceptors (Lipinski definition) is 2. The molecule has 106 valence electrons. The Kier molecular flexibility index (Phi) is 5.87. The molecule has 2 nitrogen and oxygen atoms in total. The van der Waals surface area contributed by atoms with Gasteiger partial charge in [0.05, 0.1) is 6.61 Å². The molecule has 1 aliphatic rings. The third kappa shape index (κ3) is 4.63. The SMILES string of the molecule is CCC1CCCC(N[C@H](CO)Cc2ccccc2)C1. The lowest BCUT2D eigenvalue weighted by Gasteiger charge is -2.32. The number of aliphatic hydroxyl groups is 1. The van der Waals surface area contributed by atoms with Crippen molar-refractivity contribution >= 4 is 0 Å². The summed E-state index contributed by atoms with van der Waals surface area (Å²) in [6.45, 7) is 2.52. The first-order valence-electron chi connectivity index (χ1n) is 7.72. The minimum Gasteiger partial charge on any atom is -0.395 e. The van der Waals surface area contributed by atoms with Crippen LogP contribution >= 0.6 is 0 Å². The first-order valence-corrected chi connectivity index (χ1v) is 7.72. The molecule has 1 saturated carbocycles. The quantitative estimate of drug-likeness (QED) is 0.824. The second-order valence-electron chi connectivity index (χ2n) is 5.87. The zero-order chi connectivity index (χ0) is 13.5. The third-order valence-corrected chi connectivity index (χ3v) is 4.38. The summed E-state index contributed by atoms with van der Waals surface area (Å²) in [5.41, 5.74) is 1.30. The van der Waals surface area contributed by atoms with Gasteiger partial charge in [-0.05, 0) is 30.7 Å². The Hall–Kier alpha value is -0.860. The molecular formula is C17H27NO. The van der Waals surface area contributed by atoms with Crippen molar-refractivity contribution in [2.24, 2.45) is 5.92 Å². The fraction of sp³-hybridized carbons (Fsp3) is 0.647. The molecule has 0 aromatic heterocycles. The molecule has 0 heterocycles. The van der Waals surface area contributed by atoms with E-state index in [1.54, 1.807) is 0 Å². The van der Waals surface area contributed by atoms with E-state index in [-0.39, 0.29) is 12.6 Å². The molecule has 3 atom stereocenters. The molecule has 0 saturated heterocycles. The summed E-state index contributed by atoms with van der Waals surface area (Å²) in [5, 5.41) is 13.2. The van der Waals surface area contributed by atoms with E-state index in [9.17, 15) is 5.11 Å². The van der Waals surface area contributed by atoms with Crippen molar-refractivity contribution < 1.29 is 5.11 Å². The highest BCUT2D eigenvalue weighted by atomic mass is 16.3. The number of aliphatic hydroxyl groups excluding tert-OH is 1. The van der Waals surface area contributed by atoms with Gasteiger partial charge >= 0.3 is 0 Å². The van der Waals surface area contributed by atoms with Crippen LogP contribution in [0, 0.1) is 5.92 Å². The van der Waals surface area contributed by atoms with Gasteiger partial charge in [0.1, 0.15) is 0 Å². The maximum Gasteiger partial charge on any atom is 0.0587 e. The molecule has 2 N–H and O–H groups in total. The molecule has 0 radical (unpaired) electrons. The van der Waals surface area contributed by atoms with Crippen molar-refractivity contribution in [3.63, 3.8) is 0 Å². The first kappa shape index (κ1) is 14.5. The van der Waals surface area contributed by atoms with E-state index in [1.807, 2.05) is 6.07 Å². The maximum absolute atomic E-state index is 9.58. The number of rotatable bonds is 6. The Morgan fingerprint density at radius 3 is 2.74 bits per heavy atom. The van der Waals surface area contributed by atoms with Crippen molar-refractivity contribution in [3.05, 3.63) is 35.9 Å². The van der Waals surface area contributed by atoms with Crippen molar-refractivity contribution in [1.82, 2.24) is 5.32 Å². The molecule has 0 bridgehead atoms. The molecule has 1 aromatic rings. The summed E-state index contributed by atoms with van der Waals surface area (Å²) in [7, 11) is 0. The molecule has 0 spiro atoms. The van der Waals surface area contributed by atoms with Crippen LogP contribution in [0.1, 0.15) is 44.6 Å². The molecule has 19 heavy (non-hydrogen) atoms. The Labute approximate surface area is 117 Å². The topological polar surface area (TPSA) is 32.3 Å². The van der Waals surface area contributed by atoms with Crippen LogP contribution in [0.15, 0.2) is 30.3 Å². The van der Waals surface area contributed by atoms with Gasteiger partial charge in [-0.25, -0.2) is 0 Å². The van der Waals surface area contributed by atoms with Crippen LogP contribution in [-0.2, 0) is 6.42 Å². The predicted molar refractivity (Wildman–Crippen MR) is 80.2 cm³/mol. The van der Waals surface area contributed by atoms with Crippen LogP contribution in [0.5, 0.6) is 0 Å². The summed E-state index contributed by atoms with van der Waals surface area (Å²) in [6.07, 6.45) is 7.48. The summed E-state index contributed by atoms with van der Waals surface area (Å²) >= 11 is 0. The highest BCUT2D eigenvalue weighted by molar-refractivity contribution is 5.16. The third-order valence-electron chi connectivity index (χ3n) is 4.38. The molecule has 1 aliphatic carbocycles. The minimum atomic E-state index is 0.197. The zero-order valence-electron chi connectivity index (χ0n) is 12.0. The van der Waals surface area contributed by atoms with E-state index >= 15 is 0 Å². The predicted octanol–water partition coefficient (Wildman–Crippen LogP) is 3.15. The zero-order valence-corrected chi connectivity index (χ0v) is 12.0. The average Bonchev–Trinajstić information content (AvgIpc) is 2.48. The van der Waals surface area contributed by atoms with Crippen LogP contribution < -0.4 is 5.32 Å². The van der Waals surface area contributed by atoms with Crippen molar-refractivity contribution in [3.8, 4) is 0 Å². The van der Waals surface area contributed by atoms with E-state index in [2.05, 4.69) is 36.5 Å². The molecule has 1 fully saturated rings. The fourth-order valence-corrected chi connectivity index (χ4v) is 3.22. The van der Waals surface area contributed by atoms with Gasteiger partial charge in [0.2, 0.25) is 0 Å². The highest BCUT2D eigenvalue weighted by Gasteiger charge is 2.22. The Morgan fingerprint density at radius 1 is 1.26 bits per heavy atom. The lowest BCUT2D eigenvalue weighted by Crippen LogP contribution is -2.44. The second kappa shape index (κ2) is 7.66. The summed E-state index contributed by atoms with van der Waals surface area (Å²) in [4.78, 5) is 0. The average molecular weight is 261 g/mol. The first-order chi connectivity index (χ1) is 9.31. The fourth-order valence-electron chi connectivity index (χ4n) is 3.22. The van der Waals surface area contributed by atoms with Crippen LogP contribution in [0.2, 0.25) is 0 Å². The molecular weight excluding hydrogens is 234 g/mol. The van der Waals surface area contributed by atoms with Gasteiger partial charge in [-0.2, -0.15) is 0 Å².